The molecule has 120 valence electrons. The van der Waals surface area contributed by atoms with Crippen LogP contribution < -0.4 is 0 Å². The number of pyridine rings is 1. The maximum Gasteiger partial charge on any atom is 0.0719 e. The molecule has 0 saturated carbocycles. The van der Waals surface area contributed by atoms with Gasteiger partial charge in [0.25, 0.3) is 0 Å². The third kappa shape index (κ3) is 2.42. The van der Waals surface area contributed by atoms with Crippen molar-refractivity contribution in [3.63, 3.8) is 0 Å². The molecule has 0 aliphatic rings. The Morgan fingerprint density at radius 2 is 1.88 bits per heavy atom. The zero-order chi connectivity index (χ0) is 20.3. The summed E-state index contributed by atoms with van der Waals surface area (Å²) < 4.78 is 34.6. The van der Waals surface area contributed by atoms with Crippen LogP contribution in [-0.2, 0) is 6.37 Å². The minimum atomic E-state index is -2.11. The number of aromatic nitrogens is 1. The van der Waals surface area contributed by atoms with Crippen molar-refractivity contribution in [2.24, 2.45) is 0 Å². The van der Waals surface area contributed by atoms with Gasteiger partial charge in [0.05, 0.1) is 5.69 Å². The highest BCUT2D eigenvalue weighted by Crippen LogP contribution is 2.42. The molecule has 0 aliphatic heterocycles. The van der Waals surface area contributed by atoms with Crippen LogP contribution in [0.1, 0.15) is 35.5 Å². The van der Waals surface area contributed by atoms with Gasteiger partial charge in [-0.3, -0.25) is 4.98 Å². The van der Waals surface area contributed by atoms with Crippen LogP contribution in [0.2, 0.25) is 0 Å². The third-order valence-corrected chi connectivity index (χ3v) is 5.56. The van der Waals surface area contributed by atoms with Crippen LogP contribution in [0.5, 0.6) is 0 Å². The topological polar surface area (TPSA) is 12.9 Å². The lowest BCUT2D eigenvalue weighted by Gasteiger charge is -2.07. The Hall–Kier alpha value is -2.19. The Morgan fingerprint density at radius 1 is 1.04 bits per heavy atom. The van der Waals surface area contributed by atoms with E-state index in [1.54, 1.807) is 29.7 Å². The highest BCUT2D eigenvalue weighted by Gasteiger charge is 2.14. The van der Waals surface area contributed by atoms with Gasteiger partial charge in [-0.05, 0) is 55.1 Å². The second-order valence-corrected chi connectivity index (χ2v) is 7.04. The number of benzene rings is 2. The highest BCUT2D eigenvalue weighted by atomic mass is 32.1. The monoisotopic (exact) mass is 335 g/mol. The molecule has 4 rings (SSSR count). The smallest absolute Gasteiger partial charge is 0.0719 e. The van der Waals surface area contributed by atoms with Crippen LogP contribution in [0.3, 0.4) is 0 Å². The summed E-state index contributed by atoms with van der Waals surface area (Å²) in [4.78, 5) is 4.50. The maximum atomic E-state index is 8.26. The zero-order valence-electron chi connectivity index (χ0n) is 18.0. The first kappa shape index (κ1) is 11.4. The van der Waals surface area contributed by atoms with E-state index in [1.807, 2.05) is 6.07 Å². The molecule has 4 aromatic rings. The molecule has 0 aliphatic carbocycles. The van der Waals surface area contributed by atoms with Crippen LogP contribution in [0.15, 0.2) is 48.7 Å². The van der Waals surface area contributed by atoms with E-state index in [0.717, 1.165) is 10.3 Å². The number of fused-ring (bicyclic) bond motifs is 3. The van der Waals surface area contributed by atoms with Gasteiger partial charge < -0.3 is 0 Å². The largest absolute Gasteiger partial charge is 0.256 e. The molecule has 24 heavy (non-hydrogen) atoms. The number of rotatable bonds is 3. The number of hydrogen-bond donors (Lipinski definition) is 0. The third-order valence-electron chi connectivity index (χ3n) is 4.37. The van der Waals surface area contributed by atoms with Crippen LogP contribution in [-0.4, -0.2) is 4.98 Å². The average molecular weight is 336 g/mol. The Labute approximate surface area is 152 Å². The Morgan fingerprint density at radius 3 is 2.71 bits per heavy atom. The van der Waals surface area contributed by atoms with Crippen molar-refractivity contribution in [2.75, 3.05) is 0 Å². The zero-order valence-corrected chi connectivity index (χ0v) is 14.8. The predicted octanol–water partition coefficient (Wildman–Crippen LogP) is 6.69. The van der Waals surface area contributed by atoms with Gasteiger partial charge in [0.2, 0.25) is 0 Å². The maximum absolute atomic E-state index is 8.26. The molecule has 1 nitrogen and oxygen atoms in total. The number of aryl methyl sites for hydroxylation is 3. The lowest BCUT2D eigenvalue weighted by Crippen LogP contribution is -1.89. The van der Waals surface area contributed by atoms with Gasteiger partial charge >= 0.3 is 0 Å². The quantitative estimate of drug-likeness (QED) is 0.406. The normalized spacial score (nSPS) is 15.1. The molecule has 0 atom stereocenters. The van der Waals surface area contributed by atoms with Gasteiger partial charge in [-0.25, -0.2) is 0 Å². The minimum absolute atomic E-state index is 0.302. The van der Waals surface area contributed by atoms with E-state index in [1.165, 1.54) is 33.5 Å². The van der Waals surface area contributed by atoms with Crippen molar-refractivity contribution in [1.29, 1.82) is 0 Å². The molecule has 0 spiro atoms. The van der Waals surface area contributed by atoms with E-state index in [9.17, 15) is 0 Å². The van der Waals surface area contributed by atoms with E-state index in [0.29, 0.717) is 11.3 Å². The van der Waals surface area contributed by atoms with Crippen LogP contribution in [0, 0.1) is 13.8 Å². The molecule has 2 heterocycles. The predicted molar refractivity (Wildman–Crippen MR) is 106 cm³/mol. The van der Waals surface area contributed by atoms with Gasteiger partial charge in [-0.1, -0.05) is 37.6 Å². The molecular formula is C22H21NS. The fraction of sp³-hybridized carbons (Fsp3) is 0.227. The summed E-state index contributed by atoms with van der Waals surface area (Å²) in [7, 11) is 0. The molecule has 2 aromatic heterocycles. The molecular weight excluding hydrogens is 310 g/mol. The van der Waals surface area contributed by atoms with E-state index < -0.39 is 12.7 Å². The first-order valence-electron chi connectivity index (χ1n) is 9.99. The SMILES string of the molecule is [2H]C([2H])(C)C([2H])([2H])c1ccnc(-c2ccc(C)c3c2sc2cccc(C)c23)c1. The van der Waals surface area contributed by atoms with E-state index in [4.69, 9.17) is 5.48 Å². The van der Waals surface area contributed by atoms with E-state index in [-0.39, 0.29) is 0 Å². The molecule has 2 heteroatoms. The molecule has 0 saturated heterocycles. The minimum Gasteiger partial charge on any atom is -0.256 e. The van der Waals surface area contributed by atoms with Crippen molar-refractivity contribution < 1.29 is 5.48 Å². The van der Waals surface area contributed by atoms with Gasteiger partial charge in [-0.2, -0.15) is 0 Å². The van der Waals surface area contributed by atoms with Crippen molar-refractivity contribution >= 4 is 31.5 Å². The summed E-state index contributed by atoms with van der Waals surface area (Å²) in [6.45, 7) is 5.50. The summed E-state index contributed by atoms with van der Waals surface area (Å²) in [5.74, 6) is 0. The van der Waals surface area contributed by atoms with Crippen LogP contribution in [0.4, 0.5) is 0 Å². The van der Waals surface area contributed by atoms with Crippen molar-refractivity contribution in [3.8, 4) is 11.3 Å². The summed E-state index contributed by atoms with van der Waals surface area (Å²) in [5.41, 5.74) is 4.36. The molecule has 0 bridgehead atoms. The van der Waals surface area contributed by atoms with Crippen LogP contribution >= 0.6 is 11.3 Å². The van der Waals surface area contributed by atoms with E-state index in [2.05, 4.69) is 43.1 Å². The standard InChI is InChI=1S/C22H21NS/c1-4-6-16-11-12-23-18(13-16)17-10-9-15(3)21-20-14(2)7-5-8-19(20)24-22(17)21/h5,7-13H,4,6H2,1-3H3/i4D2,6D2. The molecule has 0 amide bonds. The van der Waals surface area contributed by atoms with Crippen molar-refractivity contribution in [3.05, 3.63) is 65.4 Å². The summed E-state index contributed by atoms with van der Waals surface area (Å²) >= 11 is 1.72. The average Bonchev–Trinajstić information content (AvgIpc) is 3.03. The fourth-order valence-electron chi connectivity index (χ4n) is 3.26. The lowest BCUT2D eigenvalue weighted by atomic mass is 9.99. The fourth-order valence-corrected chi connectivity index (χ4v) is 4.63. The summed E-state index contributed by atoms with van der Waals surface area (Å²) in [5, 5.41) is 2.48. The molecule has 0 fully saturated rings. The Balaban J connectivity index is 1.99. The second-order valence-electron chi connectivity index (χ2n) is 5.99. The number of nitrogens with zero attached hydrogens (tertiary/aromatic N) is 1. The van der Waals surface area contributed by atoms with E-state index >= 15 is 0 Å². The molecule has 2 aromatic carbocycles. The van der Waals surface area contributed by atoms with Crippen molar-refractivity contribution in [2.45, 2.75) is 33.5 Å². The van der Waals surface area contributed by atoms with Crippen molar-refractivity contribution in [1.82, 2.24) is 4.98 Å². The highest BCUT2D eigenvalue weighted by molar-refractivity contribution is 7.26. The molecule has 0 N–H and O–H groups in total. The molecule has 0 unspecified atom stereocenters. The second kappa shape index (κ2) is 6.03. The van der Waals surface area contributed by atoms with Gasteiger partial charge in [0.1, 0.15) is 0 Å². The number of thiophene rings is 1. The van der Waals surface area contributed by atoms with Gasteiger partial charge in [-0.15, -0.1) is 11.3 Å². The lowest BCUT2D eigenvalue weighted by molar-refractivity contribution is 0.919. The number of hydrogen-bond acceptors (Lipinski definition) is 2. The first-order valence-corrected chi connectivity index (χ1v) is 8.81. The Bertz CT molecular complexity index is 1200. The van der Waals surface area contributed by atoms with Crippen LogP contribution in [0.25, 0.3) is 31.4 Å². The molecule has 0 radical (unpaired) electrons. The summed E-state index contributed by atoms with van der Waals surface area (Å²) in [6.07, 6.45) is -2.54. The summed E-state index contributed by atoms with van der Waals surface area (Å²) in [6, 6.07) is 13.7. The Kier molecular flexibility index (Phi) is 2.86. The first-order chi connectivity index (χ1) is 13.1. The van der Waals surface area contributed by atoms with Gasteiger partial charge in [0, 0.05) is 37.4 Å². The van der Waals surface area contributed by atoms with Gasteiger partial charge in [0.15, 0.2) is 0 Å².